The van der Waals surface area contributed by atoms with Crippen molar-refractivity contribution in [2.45, 2.75) is 111 Å². The predicted molar refractivity (Wildman–Crippen MR) is 175 cm³/mol. The molecule has 0 radical (unpaired) electrons. The predicted octanol–water partition coefficient (Wildman–Crippen LogP) is 9.56. The molecule has 2 aromatic carbocycles. The summed E-state index contributed by atoms with van der Waals surface area (Å²) in [6.45, 7) is 26.2. The molecule has 0 bridgehead atoms. The minimum absolute atomic E-state index is 0.156. The lowest BCUT2D eigenvalue weighted by Gasteiger charge is -2.37. The lowest BCUT2D eigenvalue weighted by atomic mass is 9.97. The van der Waals surface area contributed by atoms with Gasteiger partial charge >= 0.3 is 5.97 Å². The van der Waals surface area contributed by atoms with E-state index in [0.29, 0.717) is 13.2 Å². The first-order chi connectivity index (χ1) is 18.3. The minimum atomic E-state index is -1.90. The van der Waals surface area contributed by atoms with E-state index in [4.69, 9.17) is 14.0 Å². The first-order valence-corrected chi connectivity index (χ1v) is 20.2. The summed E-state index contributed by atoms with van der Waals surface area (Å²) in [5, 5.41) is 9.16. The van der Waals surface area contributed by atoms with Crippen LogP contribution in [0.1, 0.15) is 76.3 Å². The fraction of sp³-hybridized carbons (Fsp3) is 0.500. The van der Waals surface area contributed by atoms with Gasteiger partial charge in [0.05, 0.1) is 13.2 Å². The number of hydrogen-bond donors (Lipinski definition) is 1. The Labute approximate surface area is 245 Å². The molecule has 0 heterocycles. The topological polar surface area (TPSA) is 55.8 Å². The SMILES string of the molecule is CC(=CC=CC(=O)O)c1cccc(CCc2ccc(CO[Si](C)(C)C(C)(C)C)c(CO[Si](C)(C)C(C)(C)C)c2)c1. The number of carboxylic acids is 1. The van der Waals surface area contributed by atoms with Crippen LogP contribution in [-0.4, -0.2) is 27.7 Å². The van der Waals surface area contributed by atoms with Crippen LogP contribution in [0, 0.1) is 0 Å². The third-order valence-electron chi connectivity index (χ3n) is 8.73. The number of rotatable bonds is 12. The molecule has 0 saturated heterocycles. The lowest BCUT2D eigenvalue weighted by Crippen LogP contribution is -2.41. The van der Waals surface area contributed by atoms with Gasteiger partial charge in [0, 0.05) is 6.08 Å². The van der Waals surface area contributed by atoms with Gasteiger partial charge in [-0.25, -0.2) is 4.79 Å². The highest BCUT2D eigenvalue weighted by Gasteiger charge is 2.38. The van der Waals surface area contributed by atoms with Crippen molar-refractivity contribution in [3.63, 3.8) is 0 Å². The van der Waals surface area contributed by atoms with Gasteiger partial charge in [0.2, 0.25) is 0 Å². The molecule has 0 aliphatic rings. The number of aryl methyl sites for hydroxylation is 2. The monoisotopic (exact) mass is 580 g/mol. The molecule has 0 fully saturated rings. The van der Waals surface area contributed by atoms with Gasteiger partial charge in [0.15, 0.2) is 16.6 Å². The van der Waals surface area contributed by atoms with Crippen LogP contribution >= 0.6 is 0 Å². The van der Waals surface area contributed by atoms with Crippen LogP contribution in [0.15, 0.2) is 60.7 Å². The second-order valence-electron chi connectivity index (χ2n) is 13.9. The van der Waals surface area contributed by atoms with Gasteiger partial charge in [-0.3, -0.25) is 0 Å². The molecule has 1 N–H and O–H groups in total. The molecular weight excluding hydrogens is 529 g/mol. The van der Waals surface area contributed by atoms with Crippen LogP contribution in [-0.2, 0) is 39.7 Å². The number of carboxylic acid groups (broad SMARTS) is 1. The fourth-order valence-electron chi connectivity index (χ4n) is 3.69. The summed E-state index contributed by atoms with van der Waals surface area (Å²) >= 11 is 0. The van der Waals surface area contributed by atoms with Crippen molar-refractivity contribution in [3.8, 4) is 0 Å². The smallest absolute Gasteiger partial charge is 0.328 e. The number of hydrogen-bond acceptors (Lipinski definition) is 3. The number of benzene rings is 2. The van der Waals surface area contributed by atoms with E-state index in [1.807, 2.05) is 13.0 Å². The molecule has 4 nitrogen and oxygen atoms in total. The van der Waals surface area contributed by atoms with Crippen molar-refractivity contribution >= 4 is 28.2 Å². The van der Waals surface area contributed by atoms with Gasteiger partial charge in [-0.15, -0.1) is 0 Å². The first kappa shape index (κ1) is 33.9. The number of aliphatic carboxylic acids is 1. The average Bonchev–Trinajstić information content (AvgIpc) is 2.84. The zero-order chi connectivity index (χ0) is 30.4. The molecule has 0 amide bonds. The Hall–Kier alpha value is -2.26. The zero-order valence-electron chi connectivity index (χ0n) is 26.8. The molecule has 220 valence electrons. The highest BCUT2D eigenvalue weighted by Crippen LogP contribution is 2.39. The summed E-state index contributed by atoms with van der Waals surface area (Å²) in [5.41, 5.74) is 7.16. The van der Waals surface area contributed by atoms with Crippen LogP contribution < -0.4 is 0 Å². The van der Waals surface area contributed by atoms with E-state index in [9.17, 15) is 4.79 Å². The summed E-state index contributed by atoms with van der Waals surface area (Å²) in [7, 11) is -3.77. The number of carbonyl (C=O) groups is 1. The molecule has 2 aromatic rings. The van der Waals surface area contributed by atoms with Crippen LogP contribution in [0.25, 0.3) is 5.57 Å². The van der Waals surface area contributed by atoms with E-state index in [2.05, 4.69) is 110 Å². The first-order valence-electron chi connectivity index (χ1n) is 14.4. The molecule has 0 spiro atoms. The van der Waals surface area contributed by atoms with Crippen molar-refractivity contribution in [2.24, 2.45) is 0 Å². The standard InChI is InChI=1S/C34H52O4Si2/c1-26(14-12-17-32(35)36)29-16-13-15-27(22-29)18-19-28-20-21-30(24-37-39(8,9)33(2,3)4)31(23-28)25-38-40(10,11)34(5,6)7/h12-17,20-23H,18-19,24-25H2,1-11H3,(H,35,36). The Balaban J connectivity index is 2.26. The van der Waals surface area contributed by atoms with Gasteiger partial charge in [0.1, 0.15) is 0 Å². The third kappa shape index (κ3) is 9.98. The van der Waals surface area contributed by atoms with Crippen molar-refractivity contribution in [3.05, 3.63) is 88.5 Å². The van der Waals surface area contributed by atoms with Gasteiger partial charge in [0.25, 0.3) is 0 Å². The summed E-state index contributed by atoms with van der Waals surface area (Å²) in [6, 6.07) is 15.3. The van der Waals surface area contributed by atoms with E-state index in [0.717, 1.165) is 30.1 Å². The lowest BCUT2D eigenvalue weighted by molar-refractivity contribution is -0.131. The summed E-state index contributed by atoms with van der Waals surface area (Å²) in [4.78, 5) is 10.8. The second-order valence-corrected chi connectivity index (χ2v) is 23.6. The van der Waals surface area contributed by atoms with Gasteiger partial charge in [-0.1, -0.05) is 96.2 Å². The Morgan fingerprint density at radius 1 is 0.800 bits per heavy atom. The highest BCUT2D eigenvalue weighted by molar-refractivity contribution is 6.74. The van der Waals surface area contributed by atoms with Gasteiger partial charge in [-0.2, -0.15) is 0 Å². The molecule has 0 atom stereocenters. The molecule has 6 heteroatoms. The maximum absolute atomic E-state index is 10.8. The van der Waals surface area contributed by atoms with E-state index in [-0.39, 0.29) is 10.1 Å². The molecule has 0 saturated carbocycles. The minimum Gasteiger partial charge on any atom is -0.478 e. The summed E-state index contributed by atoms with van der Waals surface area (Å²) < 4.78 is 13.3. The maximum Gasteiger partial charge on any atom is 0.328 e. The highest BCUT2D eigenvalue weighted by atomic mass is 28.4. The van der Waals surface area contributed by atoms with Crippen LogP contribution in [0.3, 0.4) is 0 Å². The van der Waals surface area contributed by atoms with Crippen molar-refractivity contribution in [1.82, 2.24) is 0 Å². The normalized spacial score (nSPS) is 13.7. The molecular formula is C34H52O4Si2. The van der Waals surface area contributed by atoms with Crippen LogP contribution in [0.5, 0.6) is 0 Å². The Kier molecular flexibility index (Phi) is 11.5. The largest absolute Gasteiger partial charge is 0.478 e. The second kappa shape index (κ2) is 13.6. The number of allylic oxidation sites excluding steroid dienone is 3. The van der Waals surface area contributed by atoms with E-state index in [1.165, 1.54) is 22.3 Å². The van der Waals surface area contributed by atoms with E-state index in [1.54, 1.807) is 6.08 Å². The third-order valence-corrected chi connectivity index (χ3v) is 17.7. The Morgan fingerprint density at radius 2 is 1.32 bits per heavy atom. The summed E-state index contributed by atoms with van der Waals surface area (Å²) in [5.74, 6) is -0.940. The van der Waals surface area contributed by atoms with E-state index < -0.39 is 22.6 Å². The molecule has 0 aromatic heterocycles. The van der Waals surface area contributed by atoms with Crippen molar-refractivity contribution in [2.75, 3.05) is 0 Å². The molecule has 2 rings (SSSR count). The molecule has 0 aliphatic heterocycles. The molecule has 40 heavy (non-hydrogen) atoms. The van der Waals surface area contributed by atoms with Gasteiger partial charge in [-0.05, 0) is 89.4 Å². The molecule has 0 unspecified atom stereocenters. The molecule has 0 aliphatic carbocycles. The van der Waals surface area contributed by atoms with Crippen molar-refractivity contribution < 1.29 is 18.8 Å². The maximum atomic E-state index is 10.8. The van der Waals surface area contributed by atoms with Crippen LogP contribution in [0.4, 0.5) is 0 Å². The quantitative estimate of drug-likeness (QED) is 0.154. The Bertz CT molecular complexity index is 1210. The van der Waals surface area contributed by atoms with Crippen LogP contribution in [0.2, 0.25) is 36.3 Å². The average molecular weight is 581 g/mol. The van der Waals surface area contributed by atoms with Crippen molar-refractivity contribution in [1.29, 1.82) is 0 Å². The summed E-state index contributed by atoms with van der Waals surface area (Å²) in [6.07, 6.45) is 6.43. The van der Waals surface area contributed by atoms with E-state index >= 15 is 0 Å². The Morgan fingerprint density at radius 3 is 1.85 bits per heavy atom. The zero-order valence-corrected chi connectivity index (χ0v) is 28.8. The van der Waals surface area contributed by atoms with Gasteiger partial charge < -0.3 is 14.0 Å². The fourth-order valence-corrected chi connectivity index (χ4v) is 5.59.